The minimum Gasteiger partial charge on any atom is -0.369 e. The van der Waals surface area contributed by atoms with Gasteiger partial charge in [0.25, 0.3) is 5.91 Å². The minimum absolute atomic E-state index is 0.0592. The average Bonchev–Trinajstić information content (AvgIpc) is 3.03. The van der Waals surface area contributed by atoms with E-state index in [9.17, 15) is 14.4 Å². The second-order valence-electron chi connectivity index (χ2n) is 7.70. The summed E-state index contributed by atoms with van der Waals surface area (Å²) in [5.74, 6) is -0.191. The van der Waals surface area contributed by atoms with E-state index in [2.05, 4.69) is 9.80 Å². The number of amides is 2. The Bertz CT molecular complexity index is 946. The number of hydrogen-bond donors (Lipinski definition) is 0. The number of Topliss-reactive ketones (excluding diaryl/α,β-unsaturated/α-hetero) is 1. The van der Waals surface area contributed by atoms with Gasteiger partial charge in [0.15, 0.2) is 5.78 Å². The first kappa shape index (κ1) is 19.3. The van der Waals surface area contributed by atoms with Crippen molar-refractivity contribution in [1.29, 1.82) is 0 Å². The van der Waals surface area contributed by atoms with Gasteiger partial charge in [-0.1, -0.05) is 18.2 Å². The summed E-state index contributed by atoms with van der Waals surface area (Å²) in [4.78, 5) is 42.8. The lowest BCUT2D eigenvalue weighted by Crippen LogP contribution is -2.52. The van der Waals surface area contributed by atoms with Gasteiger partial charge in [-0.15, -0.1) is 0 Å². The van der Waals surface area contributed by atoms with E-state index in [1.54, 1.807) is 6.92 Å². The maximum absolute atomic E-state index is 13.0. The highest BCUT2D eigenvalue weighted by Gasteiger charge is 2.43. The topological polar surface area (TPSA) is 60.9 Å². The fourth-order valence-corrected chi connectivity index (χ4v) is 4.17. The molecule has 6 heteroatoms. The number of para-hydroxylation sites is 1. The van der Waals surface area contributed by atoms with E-state index < -0.39 is 0 Å². The molecule has 0 N–H and O–H groups in total. The molecule has 2 aromatic rings. The lowest BCUT2D eigenvalue weighted by Gasteiger charge is -2.38. The third kappa shape index (κ3) is 3.68. The molecule has 2 saturated heterocycles. The minimum atomic E-state index is -0.385. The van der Waals surface area contributed by atoms with Crippen molar-refractivity contribution in [1.82, 2.24) is 4.90 Å². The molecule has 2 aromatic carbocycles. The molecule has 0 spiro atoms. The number of nitrogens with zero attached hydrogens (tertiary/aromatic N) is 3. The van der Waals surface area contributed by atoms with E-state index in [1.165, 1.54) is 4.90 Å². The highest BCUT2D eigenvalue weighted by molar-refractivity contribution is 6.22. The van der Waals surface area contributed by atoms with Crippen molar-refractivity contribution in [2.75, 3.05) is 36.0 Å². The monoisotopic (exact) mass is 391 g/mol. The number of aryl methyl sites for hydroxylation is 1. The van der Waals surface area contributed by atoms with E-state index in [1.807, 2.05) is 55.5 Å². The maximum atomic E-state index is 13.0. The molecule has 0 bridgehead atoms. The van der Waals surface area contributed by atoms with Gasteiger partial charge in [0, 0.05) is 37.4 Å². The molecular formula is C23H25N3O3. The maximum Gasteiger partial charge on any atom is 0.251 e. The zero-order valence-electron chi connectivity index (χ0n) is 16.8. The summed E-state index contributed by atoms with van der Waals surface area (Å²) in [5, 5.41) is 0. The molecule has 2 fully saturated rings. The molecule has 2 amide bonds. The first-order chi connectivity index (χ1) is 14.0. The van der Waals surface area contributed by atoms with Crippen LogP contribution in [0.5, 0.6) is 0 Å². The highest BCUT2D eigenvalue weighted by atomic mass is 16.2. The smallest absolute Gasteiger partial charge is 0.251 e. The molecule has 0 saturated carbocycles. The van der Waals surface area contributed by atoms with Gasteiger partial charge in [-0.2, -0.15) is 0 Å². The van der Waals surface area contributed by atoms with Crippen LogP contribution in [0.4, 0.5) is 11.4 Å². The molecular weight excluding hydrogens is 366 g/mol. The third-order valence-electron chi connectivity index (χ3n) is 5.87. The number of imide groups is 1. The second kappa shape index (κ2) is 7.79. The Kier molecular flexibility index (Phi) is 5.20. The predicted octanol–water partition coefficient (Wildman–Crippen LogP) is 2.65. The van der Waals surface area contributed by atoms with Crippen LogP contribution in [0.1, 0.15) is 29.3 Å². The van der Waals surface area contributed by atoms with Crippen molar-refractivity contribution < 1.29 is 14.4 Å². The standard InChI is InChI=1S/C23H25N3O3/c1-16-5-3-4-6-20(16)26-22(28)15-21(23(26)29)25-13-11-24(12-14-25)19-9-7-18(8-10-19)17(2)27/h3-10,21H,11-15H2,1-2H3. The number of benzene rings is 2. The first-order valence-corrected chi connectivity index (χ1v) is 9.98. The number of ketones is 1. The Balaban J connectivity index is 1.42. The van der Waals surface area contributed by atoms with Gasteiger partial charge in [0.1, 0.15) is 0 Å². The fourth-order valence-electron chi connectivity index (χ4n) is 4.17. The van der Waals surface area contributed by atoms with Crippen molar-refractivity contribution >= 4 is 29.0 Å². The summed E-state index contributed by atoms with van der Waals surface area (Å²) in [7, 11) is 0. The van der Waals surface area contributed by atoms with Crippen LogP contribution in [-0.4, -0.2) is 54.7 Å². The summed E-state index contributed by atoms with van der Waals surface area (Å²) >= 11 is 0. The molecule has 1 unspecified atom stereocenters. The largest absolute Gasteiger partial charge is 0.369 e. The molecule has 6 nitrogen and oxygen atoms in total. The van der Waals surface area contributed by atoms with Crippen LogP contribution in [0.15, 0.2) is 48.5 Å². The quantitative estimate of drug-likeness (QED) is 0.592. The van der Waals surface area contributed by atoms with Gasteiger partial charge in [0.2, 0.25) is 5.91 Å². The Morgan fingerprint density at radius 3 is 2.21 bits per heavy atom. The Hall–Kier alpha value is -2.99. The Morgan fingerprint density at radius 1 is 0.931 bits per heavy atom. The van der Waals surface area contributed by atoms with Gasteiger partial charge in [0.05, 0.1) is 18.2 Å². The second-order valence-corrected chi connectivity index (χ2v) is 7.70. The highest BCUT2D eigenvalue weighted by Crippen LogP contribution is 2.29. The zero-order valence-corrected chi connectivity index (χ0v) is 16.8. The summed E-state index contributed by atoms with van der Waals surface area (Å²) in [6.45, 7) is 6.48. The van der Waals surface area contributed by atoms with Crippen LogP contribution in [0, 0.1) is 6.92 Å². The van der Waals surface area contributed by atoms with Crippen LogP contribution in [0.3, 0.4) is 0 Å². The van der Waals surface area contributed by atoms with Crippen LogP contribution in [0.2, 0.25) is 0 Å². The van der Waals surface area contributed by atoms with E-state index in [4.69, 9.17) is 0 Å². The Labute approximate surface area is 170 Å². The summed E-state index contributed by atoms with van der Waals surface area (Å²) in [6.07, 6.45) is 0.237. The van der Waals surface area contributed by atoms with E-state index in [0.29, 0.717) is 11.3 Å². The number of carbonyl (C=O) groups excluding carboxylic acids is 3. The summed E-state index contributed by atoms with van der Waals surface area (Å²) < 4.78 is 0. The van der Waals surface area contributed by atoms with Crippen LogP contribution < -0.4 is 9.80 Å². The van der Waals surface area contributed by atoms with Crippen LogP contribution in [0.25, 0.3) is 0 Å². The van der Waals surface area contributed by atoms with Gasteiger partial charge < -0.3 is 4.90 Å². The molecule has 1 atom stereocenters. The number of piperazine rings is 1. The zero-order chi connectivity index (χ0) is 20.5. The number of anilines is 2. The first-order valence-electron chi connectivity index (χ1n) is 9.98. The van der Waals surface area contributed by atoms with Gasteiger partial charge in [-0.05, 0) is 49.7 Å². The normalized spacial score (nSPS) is 20.4. The van der Waals surface area contributed by atoms with Gasteiger partial charge in [-0.3, -0.25) is 19.3 Å². The van der Waals surface area contributed by atoms with E-state index in [0.717, 1.165) is 37.4 Å². The third-order valence-corrected chi connectivity index (χ3v) is 5.87. The molecule has 0 radical (unpaired) electrons. The number of carbonyl (C=O) groups is 3. The number of rotatable bonds is 4. The van der Waals surface area contributed by atoms with Gasteiger partial charge in [-0.25, -0.2) is 4.90 Å². The number of hydrogen-bond acceptors (Lipinski definition) is 5. The fraction of sp³-hybridized carbons (Fsp3) is 0.348. The lowest BCUT2D eigenvalue weighted by atomic mass is 10.1. The molecule has 2 aliphatic heterocycles. The van der Waals surface area contributed by atoms with Crippen LogP contribution in [-0.2, 0) is 9.59 Å². The molecule has 2 heterocycles. The van der Waals surface area contributed by atoms with E-state index in [-0.39, 0.29) is 30.1 Å². The van der Waals surface area contributed by atoms with Crippen molar-refractivity contribution in [2.24, 2.45) is 0 Å². The molecule has 0 aliphatic carbocycles. The van der Waals surface area contributed by atoms with Crippen molar-refractivity contribution in [3.8, 4) is 0 Å². The molecule has 0 aromatic heterocycles. The van der Waals surface area contributed by atoms with Gasteiger partial charge >= 0.3 is 0 Å². The molecule has 2 aliphatic rings. The van der Waals surface area contributed by atoms with E-state index >= 15 is 0 Å². The lowest BCUT2D eigenvalue weighted by molar-refractivity contribution is -0.123. The van der Waals surface area contributed by atoms with Crippen molar-refractivity contribution in [3.05, 3.63) is 59.7 Å². The van der Waals surface area contributed by atoms with Crippen molar-refractivity contribution in [2.45, 2.75) is 26.3 Å². The summed E-state index contributed by atoms with van der Waals surface area (Å²) in [6, 6.07) is 14.8. The SMILES string of the molecule is CC(=O)c1ccc(N2CCN(C3CC(=O)N(c4ccccc4C)C3=O)CC2)cc1. The predicted molar refractivity (Wildman–Crippen MR) is 112 cm³/mol. The van der Waals surface area contributed by atoms with Crippen LogP contribution >= 0.6 is 0 Å². The average molecular weight is 391 g/mol. The molecule has 4 rings (SSSR count). The van der Waals surface area contributed by atoms with Crippen molar-refractivity contribution in [3.63, 3.8) is 0 Å². The molecule has 150 valence electrons. The molecule has 29 heavy (non-hydrogen) atoms. The Morgan fingerprint density at radius 2 is 1.59 bits per heavy atom. The summed E-state index contributed by atoms with van der Waals surface area (Å²) in [5.41, 5.74) is 3.40.